The normalized spacial score (nSPS) is 12.1. The van der Waals surface area contributed by atoms with E-state index in [1.54, 1.807) is 0 Å². The van der Waals surface area contributed by atoms with E-state index in [2.05, 4.69) is 94.5 Å². The molecule has 28 heavy (non-hydrogen) atoms. The van der Waals surface area contributed by atoms with Crippen molar-refractivity contribution >= 4 is 16.6 Å². The second-order valence-electron chi connectivity index (χ2n) is 7.21. The Labute approximate surface area is 166 Å². The van der Waals surface area contributed by atoms with Crippen LogP contribution in [0.2, 0.25) is 0 Å². The molecule has 1 atom stereocenters. The number of aromatic nitrogens is 1. The lowest BCUT2D eigenvalue weighted by Gasteiger charge is -2.20. The van der Waals surface area contributed by atoms with Crippen molar-refractivity contribution in [2.75, 3.05) is 11.9 Å². The molecule has 0 aliphatic heterocycles. The molecule has 3 aromatic carbocycles. The van der Waals surface area contributed by atoms with Gasteiger partial charge in [-0.2, -0.15) is 0 Å². The van der Waals surface area contributed by atoms with Crippen molar-refractivity contribution in [3.63, 3.8) is 0 Å². The van der Waals surface area contributed by atoms with Gasteiger partial charge in [0.15, 0.2) is 0 Å². The Kier molecular flexibility index (Phi) is 6.05. The Morgan fingerprint density at radius 1 is 0.786 bits per heavy atom. The summed E-state index contributed by atoms with van der Waals surface area (Å²) in [5.41, 5.74) is 5.09. The monoisotopic (exact) mass is 369 g/mol. The van der Waals surface area contributed by atoms with Crippen LogP contribution in [0.4, 0.5) is 5.69 Å². The lowest BCUT2D eigenvalue weighted by atomic mass is 10.0. The van der Waals surface area contributed by atoms with Gasteiger partial charge in [0, 0.05) is 41.9 Å². The van der Waals surface area contributed by atoms with Crippen LogP contribution in [0.5, 0.6) is 0 Å². The van der Waals surface area contributed by atoms with Crippen molar-refractivity contribution in [1.29, 1.82) is 0 Å². The first-order valence-electron chi connectivity index (χ1n) is 10.00. The van der Waals surface area contributed by atoms with Gasteiger partial charge in [-0.25, -0.2) is 0 Å². The Morgan fingerprint density at radius 2 is 1.57 bits per heavy atom. The van der Waals surface area contributed by atoms with Gasteiger partial charge in [-0.1, -0.05) is 60.7 Å². The van der Waals surface area contributed by atoms with Crippen LogP contribution >= 0.6 is 0 Å². The van der Waals surface area contributed by atoms with E-state index >= 15 is 0 Å². The van der Waals surface area contributed by atoms with Crippen LogP contribution in [-0.2, 0) is 13.0 Å². The van der Waals surface area contributed by atoms with Crippen LogP contribution in [0.15, 0.2) is 91.1 Å². The molecular weight excluding hydrogens is 342 g/mol. The molecule has 3 heteroatoms. The fraction of sp³-hybridized carbons (Fsp3) is 0.200. The summed E-state index contributed by atoms with van der Waals surface area (Å²) in [6, 6.07) is 30.2. The number of benzene rings is 3. The number of nitrogens with one attached hydrogen (secondary N) is 3. The summed E-state index contributed by atoms with van der Waals surface area (Å²) in [6.07, 6.45) is 4.10. The van der Waals surface area contributed by atoms with Crippen molar-refractivity contribution in [3.05, 3.63) is 102 Å². The highest BCUT2D eigenvalue weighted by atomic mass is 14.9. The molecule has 1 aromatic heterocycles. The number of rotatable bonds is 9. The Balaban J connectivity index is 1.40. The molecule has 0 spiro atoms. The second-order valence-corrected chi connectivity index (χ2v) is 7.21. The SMILES string of the molecule is c1ccc(CC(CCNc2ccccc2)NCc2cccc3[nH]ccc23)cc1. The van der Waals surface area contributed by atoms with E-state index in [0.717, 1.165) is 25.9 Å². The minimum Gasteiger partial charge on any atom is -0.385 e. The molecule has 1 heterocycles. The smallest absolute Gasteiger partial charge is 0.0457 e. The molecule has 0 amide bonds. The fourth-order valence-corrected chi connectivity index (χ4v) is 3.68. The first kappa shape index (κ1) is 18.3. The second kappa shape index (κ2) is 9.25. The Morgan fingerprint density at radius 3 is 2.39 bits per heavy atom. The number of fused-ring (bicyclic) bond motifs is 1. The van der Waals surface area contributed by atoms with Crippen molar-refractivity contribution in [3.8, 4) is 0 Å². The van der Waals surface area contributed by atoms with Crippen molar-refractivity contribution in [2.24, 2.45) is 0 Å². The molecule has 0 aliphatic rings. The zero-order chi connectivity index (χ0) is 19.0. The summed E-state index contributed by atoms with van der Waals surface area (Å²) < 4.78 is 0. The summed E-state index contributed by atoms with van der Waals surface area (Å²) in [5, 5.41) is 8.64. The van der Waals surface area contributed by atoms with Gasteiger partial charge in [-0.05, 0) is 48.2 Å². The lowest BCUT2D eigenvalue weighted by molar-refractivity contribution is 0.487. The molecule has 4 rings (SSSR count). The lowest BCUT2D eigenvalue weighted by Crippen LogP contribution is -2.32. The maximum absolute atomic E-state index is 3.80. The fourth-order valence-electron chi connectivity index (χ4n) is 3.68. The zero-order valence-corrected chi connectivity index (χ0v) is 16.1. The van der Waals surface area contributed by atoms with Crippen LogP contribution in [0.1, 0.15) is 17.5 Å². The van der Waals surface area contributed by atoms with E-state index in [9.17, 15) is 0 Å². The minimum absolute atomic E-state index is 0.410. The molecule has 0 radical (unpaired) electrons. The van der Waals surface area contributed by atoms with E-state index in [1.165, 1.54) is 27.7 Å². The Bertz CT molecular complexity index is 976. The number of aromatic amines is 1. The van der Waals surface area contributed by atoms with Crippen LogP contribution in [-0.4, -0.2) is 17.6 Å². The highest BCUT2D eigenvalue weighted by molar-refractivity contribution is 5.82. The molecule has 1 unspecified atom stereocenters. The number of hydrogen-bond acceptors (Lipinski definition) is 2. The van der Waals surface area contributed by atoms with Gasteiger partial charge in [-0.15, -0.1) is 0 Å². The number of H-pyrrole nitrogens is 1. The number of para-hydroxylation sites is 1. The average molecular weight is 370 g/mol. The van der Waals surface area contributed by atoms with Crippen LogP contribution in [0.3, 0.4) is 0 Å². The van der Waals surface area contributed by atoms with Gasteiger partial charge in [0.1, 0.15) is 0 Å². The van der Waals surface area contributed by atoms with Crippen molar-refractivity contribution in [2.45, 2.75) is 25.4 Å². The molecular formula is C25H27N3. The van der Waals surface area contributed by atoms with E-state index in [1.807, 2.05) is 12.3 Å². The van der Waals surface area contributed by atoms with Crippen molar-refractivity contribution < 1.29 is 0 Å². The summed E-state index contributed by atoms with van der Waals surface area (Å²) in [6.45, 7) is 1.82. The third-order valence-electron chi connectivity index (χ3n) is 5.19. The molecule has 142 valence electrons. The van der Waals surface area contributed by atoms with Crippen molar-refractivity contribution in [1.82, 2.24) is 10.3 Å². The van der Waals surface area contributed by atoms with Gasteiger partial charge in [0.2, 0.25) is 0 Å². The highest BCUT2D eigenvalue weighted by Gasteiger charge is 2.11. The molecule has 3 nitrogen and oxygen atoms in total. The van der Waals surface area contributed by atoms with Gasteiger partial charge in [0.25, 0.3) is 0 Å². The molecule has 4 aromatic rings. The maximum Gasteiger partial charge on any atom is 0.0457 e. The summed E-state index contributed by atoms with van der Waals surface area (Å²) >= 11 is 0. The van der Waals surface area contributed by atoms with E-state index in [4.69, 9.17) is 0 Å². The largest absolute Gasteiger partial charge is 0.385 e. The molecule has 0 bridgehead atoms. The summed E-state index contributed by atoms with van der Waals surface area (Å²) in [7, 11) is 0. The van der Waals surface area contributed by atoms with Crippen LogP contribution in [0.25, 0.3) is 10.9 Å². The minimum atomic E-state index is 0.410. The molecule has 0 fully saturated rings. The standard InChI is InChI=1S/C25H27N3/c1-3-8-20(9-4-1)18-23(14-16-26-22-11-5-2-6-12-22)28-19-21-10-7-13-25-24(21)15-17-27-25/h1-13,15,17,23,26-28H,14,16,18-19H2. The topological polar surface area (TPSA) is 39.8 Å². The molecule has 0 saturated heterocycles. The predicted octanol–water partition coefficient (Wildman–Crippen LogP) is 5.37. The molecule has 3 N–H and O–H groups in total. The van der Waals surface area contributed by atoms with Crippen LogP contribution in [0, 0.1) is 0 Å². The van der Waals surface area contributed by atoms with Gasteiger partial charge in [0.05, 0.1) is 0 Å². The number of hydrogen-bond donors (Lipinski definition) is 3. The first-order valence-corrected chi connectivity index (χ1v) is 10.00. The molecule has 0 saturated carbocycles. The van der Waals surface area contributed by atoms with E-state index < -0.39 is 0 Å². The van der Waals surface area contributed by atoms with Gasteiger partial charge < -0.3 is 15.6 Å². The third-order valence-corrected chi connectivity index (χ3v) is 5.19. The first-order chi connectivity index (χ1) is 13.9. The number of anilines is 1. The predicted molar refractivity (Wildman–Crippen MR) is 119 cm³/mol. The summed E-state index contributed by atoms with van der Waals surface area (Å²) in [4.78, 5) is 3.30. The summed E-state index contributed by atoms with van der Waals surface area (Å²) in [5.74, 6) is 0. The third kappa shape index (κ3) is 4.81. The molecule has 0 aliphatic carbocycles. The van der Waals surface area contributed by atoms with E-state index in [0.29, 0.717) is 6.04 Å². The Hall–Kier alpha value is -3.04. The average Bonchev–Trinajstić information content (AvgIpc) is 3.23. The van der Waals surface area contributed by atoms with Crippen LogP contribution < -0.4 is 10.6 Å². The highest BCUT2D eigenvalue weighted by Crippen LogP contribution is 2.18. The van der Waals surface area contributed by atoms with E-state index in [-0.39, 0.29) is 0 Å². The zero-order valence-electron chi connectivity index (χ0n) is 16.1. The maximum atomic E-state index is 3.80. The van der Waals surface area contributed by atoms with Gasteiger partial charge >= 0.3 is 0 Å². The quantitative estimate of drug-likeness (QED) is 0.371. The van der Waals surface area contributed by atoms with Gasteiger partial charge in [-0.3, -0.25) is 0 Å².